The van der Waals surface area contributed by atoms with E-state index in [9.17, 15) is 13.6 Å². The summed E-state index contributed by atoms with van der Waals surface area (Å²) in [5.41, 5.74) is 1.86. The Hall–Kier alpha value is -3.57. The Morgan fingerprint density at radius 3 is 2.76 bits per heavy atom. The molecular weight excluding hydrogens is 394 g/mol. The highest BCUT2D eigenvalue weighted by Gasteiger charge is 2.17. The van der Waals surface area contributed by atoms with Crippen molar-refractivity contribution in [1.29, 1.82) is 0 Å². The maximum atomic E-state index is 14.3. The smallest absolute Gasteiger partial charge is 0.283 e. The molecule has 144 valence electrons. The largest absolute Gasteiger partial charge is 0.302 e. The molecule has 0 saturated heterocycles. The van der Waals surface area contributed by atoms with Gasteiger partial charge in [0, 0.05) is 6.07 Å². The fourth-order valence-corrected chi connectivity index (χ4v) is 4.12. The third kappa shape index (κ3) is 3.37. The third-order valence-corrected chi connectivity index (χ3v) is 5.41. The summed E-state index contributed by atoms with van der Waals surface area (Å²) in [5.74, 6) is 0.414. The van der Waals surface area contributed by atoms with E-state index in [4.69, 9.17) is 6.42 Å². The Kier molecular flexibility index (Phi) is 4.82. The minimum absolute atomic E-state index is 0.00305. The van der Waals surface area contributed by atoms with Crippen molar-refractivity contribution < 1.29 is 13.6 Å². The molecular formula is C21H14F2N4OS. The molecule has 0 bridgehead atoms. The Morgan fingerprint density at radius 1 is 1.28 bits per heavy atom. The second kappa shape index (κ2) is 7.45. The lowest BCUT2D eigenvalue weighted by atomic mass is 10.2. The maximum Gasteiger partial charge on any atom is 0.283 e. The molecule has 2 aromatic heterocycles. The standard InChI is InChI=1S/C21H14F2N4OS/c1-3-9-26-19-17(23)10-14(22)11-18(19)29-21(26)25-20(28)16-12-24-27(13(16)2)15-7-5-4-6-8-15/h1,4-8,10-12H,9H2,2H3. The number of thiazole rings is 1. The van der Waals surface area contributed by atoms with E-state index >= 15 is 0 Å². The lowest BCUT2D eigenvalue weighted by molar-refractivity contribution is 0.0997. The van der Waals surface area contributed by atoms with Crippen molar-refractivity contribution in [2.75, 3.05) is 0 Å². The molecule has 5 nitrogen and oxygen atoms in total. The predicted molar refractivity (Wildman–Crippen MR) is 107 cm³/mol. The van der Waals surface area contributed by atoms with Crippen molar-refractivity contribution in [2.45, 2.75) is 13.5 Å². The quantitative estimate of drug-likeness (QED) is 0.484. The SMILES string of the molecule is C#CCn1c(=NC(=O)c2cnn(-c3ccccc3)c2C)sc2cc(F)cc(F)c21. The topological polar surface area (TPSA) is 52.2 Å². The molecule has 0 radical (unpaired) electrons. The molecule has 4 aromatic rings. The molecule has 0 aliphatic heterocycles. The van der Waals surface area contributed by atoms with E-state index in [0.29, 0.717) is 16.0 Å². The molecule has 8 heteroatoms. The van der Waals surface area contributed by atoms with Gasteiger partial charge in [0.1, 0.15) is 5.82 Å². The molecule has 0 aliphatic carbocycles. The van der Waals surface area contributed by atoms with Gasteiger partial charge in [0.2, 0.25) is 0 Å². The summed E-state index contributed by atoms with van der Waals surface area (Å²) < 4.78 is 31.2. The molecule has 4 rings (SSSR count). The van der Waals surface area contributed by atoms with Gasteiger partial charge in [0.25, 0.3) is 5.91 Å². The number of amides is 1. The number of halogens is 2. The van der Waals surface area contributed by atoms with E-state index < -0.39 is 17.5 Å². The number of benzene rings is 2. The number of para-hydroxylation sites is 1. The fourth-order valence-electron chi connectivity index (χ4n) is 3.05. The van der Waals surface area contributed by atoms with Gasteiger partial charge in [-0.15, -0.1) is 6.42 Å². The summed E-state index contributed by atoms with van der Waals surface area (Å²) in [6.07, 6.45) is 6.83. The molecule has 0 spiro atoms. The summed E-state index contributed by atoms with van der Waals surface area (Å²) >= 11 is 0.997. The molecule has 2 heterocycles. The third-order valence-electron chi connectivity index (χ3n) is 4.38. The number of fused-ring (bicyclic) bond motifs is 1. The predicted octanol–water partition coefficient (Wildman–Crippen LogP) is 3.85. The minimum atomic E-state index is -0.756. The summed E-state index contributed by atoms with van der Waals surface area (Å²) in [4.78, 5) is 17.1. The number of aromatic nitrogens is 3. The molecule has 1 amide bonds. The zero-order valence-electron chi connectivity index (χ0n) is 15.3. The van der Waals surface area contributed by atoms with Gasteiger partial charge in [0.05, 0.1) is 39.9 Å². The first-order valence-corrected chi connectivity index (χ1v) is 9.42. The average molecular weight is 408 g/mol. The van der Waals surface area contributed by atoms with Crippen LogP contribution >= 0.6 is 11.3 Å². The van der Waals surface area contributed by atoms with Crippen molar-refractivity contribution in [3.8, 4) is 18.0 Å². The van der Waals surface area contributed by atoms with Crippen LogP contribution in [-0.4, -0.2) is 20.3 Å². The molecule has 0 unspecified atom stereocenters. The molecule has 2 aromatic carbocycles. The molecule has 0 atom stereocenters. The van der Waals surface area contributed by atoms with Crippen molar-refractivity contribution in [1.82, 2.24) is 14.3 Å². The van der Waals surface area contributed by atoms with E-state index in [1.807, 2.05) is 30.3 Å². The van der Waals surface area contributed by atoms with Crippen LogP contribution in [-0.2, 0) is 6.54 Å². The van der Waals surface area contributed by atoms with Gasteiger partial charge in [-0.05, 0) is 25.1 Å². The molecule has 0 saturated carbocycles. The summed E-state index contributed by atoms with van der Waals surface area (Å²) in [6.45, 7) is 1.76. The molecule has 0 N–H and O–H groups in total. The van der Waals surface area contributed by atoms with Crippen LogP contribution in [0.2, 0.25) is 0 Å². The number of hydrogen-bond donors (Lipinski definition) is 0. The highest BCUT2D eigenvalue weighted by Crippen LogP contribution is 2.22. The normalized spacial score (nSPS) is 11.7. The van der Waals surface area contributed by atoms with Crippen LogP contribution in [0.1, 0.15) is 16.1 Å². The Labute approximate surface area is 168 Å². The highest BCUT2D eigenvalue weighted by molar-refractivity contribution is 7.16. The number of terminal acetylenes is 1. The fraction of sp³-hybridized carbons (Fsp3) is 0.0952. The number of hydrogen-bond acceptors (Lipinski definition) is 3. The lowest BCUT2D eigenvalue weighted by Gasteiger charge is -2.04. The van der Waals surface area contributed by atoms with Crippen LogP contribution in [0.25, 0.3) is 15.9 Å². The van der Waals surface area contributed by atoms with Gasteiger partial charge in [0.15, 0.2) is 10.6 Å². The van der Waals surface area contributed by atoms with Gasteiger partial charge in [-0.25, -0.2) is 13.5 Å². The van der Waals surface area contributed by atoms with Crippen LogP contribution in [0.5, 0.6) is 0 Å². The average Bonchev–Trinajstić information content (AvgIpc) is 3.23. The zero-order valence-corrected chi connectivity index (χ0v) is 16.1. The minimum Gasteiger partial charge on any atom is -0.302 e. The van der Waals surface area contributed by atoms with Crippen LogP contribution in [0, 0.1) is 30.9 Å². The van der Waals surface area contributed by atoms with E-state index in [2.05, 4.69) is 16.0 Å². The second-order valence-electron chi connectivity index (χ2n) is 6.22. The zero-order chi connectivity index (χ0) is 20.5. The Balaban J connectivity index is 1.83. The van der Waals surface area contributed by atoms with Crippen molar-refractivity contribution in [3.05, 3.63) is 76.4 Å². The van der Waals surface area contributed by atoms with Gasteiger partial charge >= 0.3 is 0 Å². The Morgan fingerprint density at radius 2 is 2.03 bits per heavy atom. The molecule has 0 aliphatic rings. The maximum absolute atomic E-state index is 14.3. The highest BCUT2D eigenvalue weighted by atomic mass is 32.1. The van der Waals surface area contributed by atoms with Crippen LogP contribution in [0.15, 0.2) is 53.7 Å². The molecule has 29 heavy (non-hydrogen) atoms. The van der Waals surface area contributed by atoms with E-state index in [0.717, 1.165) is 23.1 Å². The Bertz CT molecular complexity index is 1340. The molecule has 0 fully saturated rings. The number of nitrogens with zero attached hydrogens (tertiary/aromatic N) is 4. The van der Waals surface area contributed by atoms with Crippen molar-refractivity contribution >= 4 is 27.5 Å². The van der Waals surface area contributed by atoms with E-state index in [1.54, 1.807) is 11.6 Å². The first-order valence-electron chi connectivity index (χ1n) is 8.60. The van der Waals surface area contributed by atoms with Gasteiger partial charge in [-0.2, -0.15) is 10.1 Å². The summed E-state index contributed by atoms with van der Waals surface area (Å²) in [6, 6.07) is 11.3. The van der Waals surface area contributed by atoms with E-state index in [1.165, 1.54) is 16.8 Å². The van der Waals surface area contributed by atoms with Gasteiger partial charge in [-0.3, -0.25) is 4.79 Å². The number of carbonyl (C=O) groups excluding carboxylic acids is 1. The van der Waals surface area contributed by atoms with Crippen LogP contribution < -0.4 is 4.80 Å². The van der Waals surface area contributed by atoms with Gasteiger partial charge in [-0.1, -0.05) is 35.5 Å². The van der Waals surface area contributed by atoms with E-state index in [-0.39, 0.29) is 16.9 Å². The monoisotopic (exact) mass is 408 g/mol. The first-order chi connectivity index (χ1) is 14.0. The number of rotatable bonds is 3. The first kappa shape index (κ1) is 18.8. The van der Waals surface area contributed by atoms with Crippen molar-refractivity contribution in [2.24, 2.45) is 4.99 Å². The van der Waals surface area contributed by atoms with Crippen LogP contribution in [0.3, 0.4) is 0 Å². The van der Waals surface area contributed by atoms with Gasteiger partial charge < -0.3 is 4.57 Å². The second-order valence-corrected chi connectivity index (χ2v) is 7.23. The van der Waals surface area contributed by atoms with Crippen molar-refractivity contribution in [3.63, 3.8) is 0 Å². The van der Waals surface area contributed by atoms with Crippen LogP contribution in [0.4, 0.5) is 8.78 Å². The summed E-state index contributed by atoms with van der Waals surface area (Å²) in [5, 5.41) is 4.27. The lowest BCUT2D eigenvalue weighted by Crippen LogP contribution is -2.17. The summed E-state index contributed by atoms with van der Waals surface area (Å²) in [7, 11) is 0. The number of carbonyl (C=O) groups is 1.